The molecule has 2 aliphatic heterocycles. The summed E-state index contributed by atoms with van der Waals surface area (Å²) in [7, 11) is 3.32. The maximum Gasteiger partial charge on any atom is 0.237 e. The molecule has 3 rings (SSSR count). The smallest absolute Gasteiger partial charge is 0.237 e. The first-order valence-corrected chi connectivity index (χ1v) is 8.44. The minimum Gasteiger partial charge on any atom is -0.493 e. The highest BCUT2D eigenvalue weighted by Gasteiger charge is 2.37. The fourth-order valence-corrected chi connectivity index (χ4v) is 3.67. The van der Waals surface area contributed by atoms with Gasteiger partial charge < -0.3 is 14.4 Å². The molecule has 1 aromatic carbocycles. The van der Waals surface area contributed by atoms with E-state index in [9.17, 15) is 4.79 Å². The van der Waals surface area contributed by atoms with Gasteiger partial charge in [0.05, 0.1) is 26.8 Å². The standard InChI is InChI=1S/C18H26N2O3.ClH/c1-4-5-7-19-11-15-14-10-17(23-3)16(22-2)9-13(14)6-8-20(15)18(21)12-19;/h9-10,15H,4-8,11-12H2,1-3H3;1H. The lowest BCUT2D eigenvalue weighted by atomic mass is 9.90. The van der Waals surface area contributed by atoms with E-state index in [1.54, 1.807) is 14.2 Å². The van der Waals surface area contributed by atoms with Gasteiger partial charge in [0.25, 0.3) is 0 Å². The fourth-order valence-electron chi connectivity index (χ4n) is 3.67. The molecule has 1 fully saturated rings. The number of fused-ring (bicyclic) bond motifs is 3. The van der Waals surface area contributed by atoms with E-state index in [2.05, 4.69) is 24.0 Å². The van der Waals surface area contributed by atoms with Gasteiger partial charge >= 0.3 is 0 Å². The molecule has 1 amide bonds. The number of halogens is 1. The molecule has 24 heavy (non-hydrogen) atoms. The number of hydrogen-bond acceptors (Lipinski definition) is 4. The minimum atomic E-state index is 0. The maximum atomic E-state index is 12.5. The fraction of sp³-hybridized carbons (Fsp3) is 0.611. The highest BCUT2D eigenvalue weighted by molar-refractivity contribution is 5.85. The number of carbonyl (C=O) groups excluding carboxylic acids is 1. The molecule has 0 saturated carbocycles. The Labute approximate surface area is 150 Å². The van der Waals surface area contributed by atoms with Gasteiger partial charge in [0.15, 0.2) is 11.5 Å². The van der Waals surface area contributed by atoms with Crippen LogP contribution >= 0.6 is 12.4 Å². The van der Waals surface area contributed by atoms with Crippen LogP contribution in [0.2, 0.25) is 0 Å². The molecule has 0 spiro atoms. The Bertz CT molecular complexity index is 594. The molecule has 5 nitrogen and oxygen atoms in total. The number of benzene rings is 1. The summed E-state index contributed by atoms with van der Waals surface area (Å²) in [6.07, 6.45) is 3.17. The van der Waals surface area contributed by atoms with E-state index in [1.807, 2.05) is 4.90 Å². The number of rotatable bonds is 5. The Morgan fingerprint density at radius 1 is 1.21 bits per heavy atom. The Kier molecular flexibility index (Phi) is 6.35. The molecule has 1 unspecified atom stereocenters. The van der Waals surface area contributed by atoms with Crippen LogP contribution in [0.3, 0.4) is 0 Å². The number of unbranched alkanes of at least 4 members (excludes halogenated alkanes) is 1. The number of methoxy groups -OCH3 is 2. The van der Waals surface area contributed by atoms with Crippen LogP contribution in [0.5, 0.6) is 11.5 Å². The summed E-state index contributed by atoms with van der Waals surface area (Å²) in [4.78, 5) is 16.8. The zero-order chi connectivity index (χ0) is 16.4. The van der Waals surface area contributed by atoms with E-state index >= 15 is 0 Å². The molecule has 0 radical (unpaired) electrons. The lowest BCUT2D eigenvalue weighted by Crippen LogP contribution is -2.54. The van der Waals surface area contributed by atoms with Crippen LogP contribution in [-0.4, -0.2) is 56.1 Å². The van der Waals surface area contributed by atoms with Crippen molar-refractivity contribution in [3.63, 3.8) is 0 Å². The molecule has 2 heterocycles. The first kappa shape index (κ1) is 18.9. The van der Waals surface area contributed by atoms with Gasteiger partial charge in [0.1, 0.15) is 0 Å². The van der Waals surface area contributed by atoms with Crippen LogP contribution in [0.4, 0.5) is 0 Å². The van der Waals surface area contributed by atoms with Crippen molar-refractivity contribution >= 4 is 18.3 Å². The van der Waals surface area contributed by atoms with Crippen molar-refractivity contribution in [1.82, 2.24) is 9.80 Å². The van der Waals surface area contributed by atoms with Crippen LogP contribution in [-0.2, 0) is 11.2 Å². The highest BCUT2D eigenvalue weighted by Crippen LogP contribution is 2.39. The molecule has 1 aromatic rings. The van der Waals surface area contributed by atoms with E-state index in [1.165, 1.54) is 11.1 Å². The normalized spacial score (nSPS) is 20.0. The van der Waals surface area contributed by atoms with E-state index in [0.717, 1.165) is 50.4 Å². The van der Waals surface area contributed by atoms with Gasteiger partial charge in [-0.1, -0.05) is 13.3 Å². The topological polar surface area (TPSA) is 42.0 Å². The second-order valence-electron chi connectivity index (χ2n) is 6.35. The van der Waals surface area contributed by atoms with Gasteiger partial charge in [0, 0.05) is 13.1 Å². The van der Waals surface area contributed by atoms with Crippen molar-refractivity contribution < 1.29 is 14.3 Å². The van der Waals surface area contributed by atoms with E-state index in [-0.39, 0.29) is 24.4 Å². The summed E-state index contributed by atoms with van der Waals surface area (Å²) < 4.78 is 10.9. The van der Waals surface area contributed by atoms with Gasteiger partial charge in [-0.05, 0) is 42.6 Å². The van der Waals surface area contributed by atoms with Crippen molar-refractivity contribution in [2.75, 3.05) is 40.4 Å². The van der Waals surface area contributed by atoms with Crippen molar-refractivity contribution in [3.8, 4) is 11.5 Å². The lowest BCUT2D eigenvalue weighted by Gasteiger charge is -2.44. The van der Waals surface area contributed by atoms with Gasteiger partial charge in [-0.2, -0.15) is 0 Å². The van der Waals surface area contributed by atoms with Gasteiger partial charge in [0.2, 0.25) is 5.91 Å². The average molecular weight is 355 g/mol. The Balaban J connectivity index is 0.00000208. The van der Waals surface area contributed by atoms with Crippen LogP contribution in [0.1, 0.15) is 36.9 Å². The van der Waals surface area contributed by atoms with Gasteiger partial charge in [-0.15, -0.1) is 12.4 Å². The lowest BCUT2D eigenvalue weighted by molar-refractivity contribution is -0.140. The molecule has 6 heteroatoms. The number of ether oxygens (including phenoxy) is 2. The first-order valence-electron chi connectivity index (χ1n) is 8.44. The third kappa shape index (κ3) is 3.47. The highest BCUT2D eigenvalue weighted by atomic mass is 35.5. The third-order valence-corrected chi connectivity index (χ3v) is 4.94. The van der Waals surface area contributed by atoms with Crippen LogP contribution in [0, 0.1) is 0 Å². The van der Waals surface area contributed by atoms with E-state index in [0.29, 0.717) is 6.54 Å². The van der Waals surface area contributed by atoms with Crippen molar-refractivity contribution in [2.45, 2.75) is 32.2 Å². The zero-order valence-electron chi connectivity index (χ0n) is 14.7. The Morgan fingerprint density at radius 2 is 1.92 bits per heavy atom. The molecule has 1 atom stereocenters. The summed E-state index contributed by atoms with van der Waals surface area (Å²) in [5.41, 5.74) is 2.48. The second kappa shape index (κ2) is 8.08. The molecule has 0 bridgehead atoms. The largest absolute Gasteiger partial charge is 0.493 e. The Hall–Kier alpha value is -1.46. The molecule has 134 valence electrons. The van der Waals surface area contributed by atoms with Crippen molar-refractivity contribution in [2.24, 2.45) is 0 Å². The molecule has 2 aliphatic rings. The van der Waals surface area contributed by atoms with Crippen LogP contribution < -0.4 is 9.47 Å². The summed E-state index contributed by atoms with van der Waals surface area (Å²) >= 11 is 0. The van der Waals surface area contributed by atoms with Crippen LogP contribution in [0.15, 0.2) is 12.1 Å². The van der Waals surface area contributed by atoms with Crippen molar-refractivity contribution in [3.05, 3.63) is 23.3 Å². The van der Waals surface area contributed by atoms with Crippen molar-refractivity contribution in [1.29, 1.82) is 0 Å². The molecular formula is C18H27ClN2O3. The van der Waals surface area contributed by atoms with E-state index < -0.39 is 0 Å². The number of piperazine rings is 1. The second-order valence-corrected chi connectivity index (χ2v) is 6.35. The summed E-state index contributed by atoms with van der Waals surface area (Å²) in [5, 5.41) is 0. The summed E-state index contributed by atoms with van der Waals surface area (Å²) in [6.45, 7) is 5.45. The number of nitrogens with zero attached hydrogens (tertiary/aromatic N) is 2. The Morgan fingerprint density at radius 3 is 2.58 bits per heavy atom. The maximum absolute atomic E-state index is 12.5. The molecular weight excluding hydrogens is 328 g/mol. The first-order chi connectivity index (χ1) is 11.2. The SMILES string of the molecule is CCCCN1CC(=O)N2CCc3cc(OC)c(OC)cc3C2C1.Cl. The van der Waals surface area contributed by atoms with Crippen LogP contribution in [0.25, 0.3) is 0 Å². The molecule has 0 N–H and O–H groups in total. The summed E-state index contributed by atoms with van der Waals surface area (Å²) in [5.74, 6) is 1.76. The predicted octanol–water partition coefficient (Wildman–Crippen LogP) is 2.67. The molecule has 0 aliphatic carbocycles. The minimum absolute atomic E-state index is 0. The number of hydrogen-bond donors (Lipinski definition) is 0. The molecule has 0 aromatic heterocycles. The summed E-state index contributed by atoms with van der Waals surface area (Å²) in [6, 6.07) is 4.26. The predicted molar refractivity (Wildman–Crippen MR) is 96.3 cm³/mol. The number of carbonyl (C=O) groups is 1. The molecule has 1 saturated heterocycles. The third-order valence-electron chi connectivity index (χ3n) is 4.94. The monoisotopic (exact) mass is 354 g/mol. The quantitative estimate of drug-likeness (QED) is 0.815. The van der Waals surface area contributed by atoms with Gasteiger partial charge in [-0.3, -0.25) is 9.69 Å². The van der Waals surface area contributed by atoms with E-state index in [4.69, 9.17) is 9.47 Å². The van der Waals surface area contributed by atoms with Gasteiger partial charge in [-0.25, -0.2) is 0 Å². The zero-order valence-corrected chi connectivity index (χ0v) is 15.5. The average Bonchev–Trinajstić information content (AvgIpc) is 2.58. The number of amides is 1.